The van der Waals surface area contributed by atoms with Gasteiger partial charge in [0.05, 0.1) is 0 Å². The number of anilines is 1. The summed E-state index contributed by atoms with van der Waals surface area (Å²) in [4.78, 5) is 28.4. The number of hydrogen-bond donors (Lipinski definition) is 2. The maximum absolute atomic E-state index is 11.9. The Bertz CT molecular complexity index is 661. The monoisotopic (exact) mass is 273 g/mol. The lowest BCUT2D eigenvalue weighted by atomic mass is 10.2. The maximum atomic E-state index is 11.9. The summed E-state index contributed by atoms with van der Waals surface area (Å²) in [6, 6.07) is 9.07. The fourth-order valence-electron chi connectivity index (χ4n) is 2.05. The predicted molar refractivity (Wildman–Crippen MR) is 81.0 cm³/mol. The van der Waals surface area contributed by atoms with Crippen LogP contribution in [0.5, 0.6) is 0 Å². The minimum atomic E-state index is -0.188. The molecule has 2 rings (SSSR count). The van der Waals surface area contributed by atoms with Crippen LogP contribution < -0.4 is 10.9 Å². The number of H-pyrrole nitrogens is 1. The number of carbonyl (C=O) groups is 1. The molecule has 20 heavy (non-hydrogen) atoms. The third-order valence-corrected chi connectivity index (χ3v) is 3.04. The van der Waals surface area contributed by atoms with Gasteiger partial charge in [-0.2, -0.15) is 0 Å². The van der Waals surface area contributed by atoms with Gasteiger partial charge < -0.3 is 15.2 Å². The van der Waals surface area contributed by atoms with E-state index in [1.54, 1.807) is 12.1 Å². The summed E-state index contributed by atoms with van der Waals surface area (Å²) in [5.74, 6) is 0.362. The Morgan fingerprint density at radius 1 is 1.30 bits per heavy atom. The number of hydrogen-bond acceptors (Lipinski definition) is 3. The number of carbonyl (C=O) groups excluding carboxylic acids is 1. The molecule has 0 bridgehead atoms. The number of nitrogens with one attached hydrogen (secondary N) is 2. The van der Waals surface area contributed by atoms with Gasteiger partial charge in [0.25, 0.3) is 5.56 Å². The summed E-state index contributed by atoms with van der Waals surface area (Å²) in [5, 5.41) is 4.18. The average Bonchev–Trinajstić information content (AvgIpc) is 2.38. The molecule has 106 valence electrons. The quantitative estimate of drug-likeness (QED) is 0.873. The fourth-order valence-corrected chi connectivity index (χ4v) is 2.05. The van der Waals surface area contributed by atoms with Gasteiger partial charge in [-0.25, -0.2) is 0 Å². The molecule has 0 unspecified atom stereocenters. The molecule has 0 spiro atoms. The smallest absolute Gasteiger partial charge is 0.257 e. The maximum Gasteiger partial charge on any atom is 0.257 e. The molecule has 0 aliphatic rings. The highest BCUT2D eigenvalue weighted by molar-refractivity contribution is 5.92. The molecule has 1 aromatic carbocycles. The van der Waals surface area contributed by atoms with E-state index in [-0.39, 0.29) is 11.5 Å². The van der Waals surface area contributed by atoms with Crippen molar-refractivity contribution in [2.24, 2.45) is 0 Å². The van der Waals surface area contributed by atoms with Gasteiger partial charge in [0.1, 0.15) is 5.82 Å². The molecule has 2 N–H and O–H groups in total. The summed E-state index contributed by atoms with van der Waals surface area (Å²) in [7, 11) is 3.94. The molecule has 1 heterocycles. The average molecular weight is 273 g/mol. The van der Waals surface area contributed by atoms with Crippen molar-refractivity contribution in [3.63, 3.8) is 0 Å². The van der Waals surface area contributed by atoms with E-state index in [9.17, 15) is 9.59 Å². The normalized spacial score (nSPS) is 10.9. The highest BCUT2D eigenvalue weighted by Crippen LogP contribution is 2.12. The second-order valence-electron chi connectivity index (χ2n) is 5.05. The van der Waals surface area contributed by atoms with Crippen molar-refractivity contribution in [2.75, 3.05) is 26.0 Å². The lowest BCUT2D eigenvalue weighted by Crippen LogP contribution is -2.19. The van der Waals surface area contributed by atoms with Gasteiger partial charge in [-0.3, -0.25) is 9.59 Å². The molecule has 1 amide bonds. The van der Waals surface area contributed by atoms with Crippen LogP contribution >= 0.6 is 0 Å². The van der Waals surface area contributed by atoms with E-state index in [2.05, 4.69) is 10.3 Å². The molecule has 1 aromatic heterocycles. The second-order valence-corrected chi connectivity index (χ2v) is 5.05. The van der Waals surface area contributed by atoms with Gasteiger partial charge in [-0.15, -0.1) is 0 Å². The number of pyridine rings is 1. The number of benzene rings is 1. The minimum absolute atomic E-state index is 0.0854. The van der Waals surface area contributed by atoms with E-state index in [4.69, 9.17) is 0 Å². The number of amides is 1. The van der Waals surface area contributed by atoms with Crippen LogP contribution in [0, 0.1) is 0 Å². The van der Waals surface area contributed by atoms with Crippen molar-refractivity contribution in [3.8, 4) is 0 Å². The van der Waals surface area contributed by atoms with E-state index in [0.29, 0.717) is 17.6 Å². The van der Waals surface area contributed by atoms with Crippen molar-refractivity contribution in [2.45, 2.75) is 12.8 Å². The molecule has 0 saturated heterocycles. The summed E-state index contributed by atoms with van der Waals surface area (Å²) in [6.45, 7) is 0.863. The molecule has 0 radical (unpaired) electrons. The lowest BCUT2D eigenvalue weighted by molar-refractivity contribution is -0.116. The van der Waals surface area contributed by atoms with Crippen LogP contribution in [0.3, 0.4) is 0 Å². The topological polar surface area (TPSA) is 65.2 Å². The van der Waals surface area contributed by atoms with E-state index < -0.39 is 0 Å². The van der Waals surface area contributed by atoms with Crippen molar-refractivity contribution in [1.82, 2.24) is 9.88 Å². The molecular weight excluding hydrogens is 254 g/mol. The van der Waals surface area contributed by atoms with E-state index in [1.165, 1.54) is 0 Å². The number of nitrogens with zero attached hydrogens (tertiary/aromatic N) is 1. The number of aromatic nitrogens is 1. The van der Waals surface area contributed by atoms with Crippen molar-refractivity contribution < 1.29 is 4.79 Å². The fraction of sp³-hybridized carbons (Fsp3) is 0.333. The third kappa shape index (κ3) is 3.68. The van der Waals surface area contributed by atoms with Gasteiger partial charge >= 0.3 is 0 Å². The van der Waals surface area contributed by atoms with Crippen LogP contribution in [0.25, 0.3) is 10.8 Å². The highest BCUT2D eigenvalue weighted by atomic mass is 16.2. The molecule has 5 nitrogen and oxygen atoms in total. The number of fused-ring (bicyclic) bond motifs is 1. The van der Waals surface area contributed by atoms with Crippen LogP contribution in [0.15, 0.2) is 35.1 Å². The van der Waals surface area contributed by atoms with Crippen molar-refractivity contribution >= 4 is 22.5 Å². The van der Waals surface area contributed by atoms with Crippen LogP contribution in [-0.2, 0) is 4.79 Å². The largest absolute Gasteiger partial charge is 0.312 e. The Morgan fingerprint density at radius 3 is 2.80 bits per heavy atom. The Hall–Kier alpha value is -2.14. The number of rotatable bonds is 5. The van der Waals surface area contributed by atoms with E-state index in [1.807, 2.05) is 37.2 Å². The molecule has 0 fully saturated rings. The minimum Gasteiger partial charge on any atom is -0.312 e. The second kappa shape index (κ2) is 6.34. The zero-order valence-electron chi connectivity index (χ0n) is 11.8. The van der Waals surface area contributed by atoms with E-state index in [0.717, 1.165) is 18.4 Å². The molecule has 5 heteroatoms. The Balaban J connectivity index is 2.06. The van der Waals surface area contributed by atoms with Gasteiger partial charge in [0, 0.05) is 11.8 Å². The summed E-state index contributed by atoms with van der Waals surface area (Å²) in [6.07, 6.45) is 1.23. The molecule has 0 aliphatic carbocycles. The first kappa shape index (κ1) is 14.3. The number of aromatic amines is 1. The van der Waals surface area contributed by atoms with Crippen LogP contribution in [-0.4, -0.2) is 36.4 Å². The van der Waals surface area contributed by atoms with Crippen molar-refractivity contribution in [1.29, 1.82) is 0 Å². The summed E-state index contributed by atoms with van der Waals surface area (Å²) in [5.41, 5.74) is -0.188. The Kier molecular flexibility index (Phi) is 4.53. The Morgan fingerprint density at radius 2 is 2.05 bits per heavy atom. The predicted octanol–water partition coefficient (Wildman–Crippen LogP) is 1.81. The first-order valence-electron chi connectivity index (χ1n) is 6.63. The van der Waals surface area contributed by atoms with Crippen molar-refractivity contribution in [3.05, 3.63) is 40.7 Å². The zero-order chi connectivity index (χ0) is 14.5. The van der Waals surface area contributed by atoms with Gasteiger partial charge in [-0.05, 0) is 44.6 Å². The van der Waals surface area contributed by atoms with Gasteiger partial charge in [-0.1, -0.05) is 18.2 Å². The lowest BCUT2D eigenvalue weighted by Gasteiger charge is -2.09. The van der Waals surface area contributed by atoms with Crippen LogP contribution in [0.1, 0.15) is 12.8 Å². The molecule has 0 atom stereocenters. The standard InChI is InChI=1S/C15H19N3O2/c1-18(2)9-5-8-14(19)16-13-10-11-6-3-4-7-12(11)15(20)17-13/h3-4,6-7,10H,5,8-9H2,1-2H3,(H2,16,17,19,20). The van der Waals surface area contributed by atoms with Crippen LogP contribution in [0.2, 0.25) is 0 Å². The Labute approximate surface area is 117 Å². The third-order valence-electron chi connectivity index (χ3n) is 3.04. The SMILES string of the molecule is CN(C)CCCC(=O)Nc1cc2ccccc2c(=O)[nH]1. The highest BCUT2D eigenvalue weighted by Gasteiger charge is 2.05. The van der Waals surface area contributed by atoms with Gasteiger partial charge in [0.15, 0.2) is 0 Å². The summed E-state index contributed by atoms with van der Waals surface area (Å²) >= 11 is 0. The first-order valence-corrected chi connectivity index (χ1v) is 6.63. The van der Waals surface area contributed by atoms with Crippen LogP contribution in [0.4, 0.5) is 5.82 Å². The summed E-state index contributed by atoms with van der Waals surface area (Å²) < 4.78 is 0. The molecule has 0 aliphatic heterocycles. The molecule has 0 saturated carbocycles. The van der Waals surface area contributed by atoms with E-state index >= 15 is 0 Å². The van der Waals surface area contributed by atoms with Gasteiger partial charge in [0.2, 0.25) is 5.91 Å². The molecular formula is C15H19N3O2. The zero-order valence-corrected chi connectivity index (χ0v) is 11.8. The first-order chi connectivity index (χ1) is 9.56. The molecule has 2 aromatic rings.